The summed E-state index contributed by atoms with van der Waals surface area (Å²) >= 11 is 1.72. The molecule has 1 aliphatic heterocycles. The molecule has 1 aliphatic rings. The van der Waals surface area contributed by atoms with Crippen molar-refractivity contribution in [2.45, 2.75) is 18.2 Å². The van der Waals surface area contributed by atoms with Crippen molar-refractivity contribution < 1.29 is 4.79 Å². The molecule has 0 aromatic heterocycles. The summed E-state index contributed by atoms with van der Waals surface area (Å²) in [5, 5.41) is 0.160. The first-order valence-corrected chi connectivity index (χ1v) is 7.45. The highest BCUT2D eigenvalue weighted by atomic mass is 32.2. The van der Waals surface area contributed by atoms with Gasteiger partial charge in [0.05, 0.1) is 11.0 Å². The number of aliphatic imine (C=N–C) groups is 1. The van der Waals surface area contributed by atoms with Crippen LogP contribution in [0.5, 0.6) is 0 Å². The monoisotopic (exact) mass is 276 g/mol. The standard InChI is InChI=1S/C15H20N2OS/c1-10-7-5-6-8-11(10)13(16-2)14(17(3)4)15(18)12-9-19-12/h5-8,12,14H,9H2,1-4H3. The molecule has 102 valence electrons. The molecule has 0 bridgehead atoms. The maximum absolute atomic E-state index is 12.5. The van der Waals surface area contributed by atoms with Gasteiger partial charge in [-0.2, -0.15) is 0 Å². The van der Waals surface area contributed by atoms with E-state index in [0.29, 0.717) is 0 Å². The SMILES string of the molecule is CN=C(c1ccccc1C)C(C(=O)C1CS1)N(C)C. The number of benzene rings is 1. The molecule has 1 saturated heterocycles. The van der Waals surface area contributed by atoms with E-state index in [1.54, 1.807) is 18.8 Å². The van der Waals surface area contributed by atoms with E-state index in [0.717, 1.165) is 22.6 Å². The predicted octanol–water partition coefficient (Wildman–Crippen LogP) is 2.03. The minimum absolute atomic E-state index is 0.160. The number of hydrogen-bond acceptors (Lipinski definition) is 4. The van der Waals surface area contributed by atoms with Gasteiger partial charge < -0.3 is 0 Å². The molecule has 0 radical (unpaired) electrons. The second-order valence-electron chi connectivity index (χ2n) is 5.01. The molecular formula is C15H20N2OS. The van der Waals surface area contributed by atoms with Gasteiger partial charge >= 0.3 is 0 Å². The molecule has 0 spiro atoms. The zero-order valence-electron chi connectivity index (χ0n) is 11.9. The van der Waals surface area contributed by atoms with Crippen molar-refractivity contribution >= 4 is 23.3 Å². The lowest BCUT2D eigenvalue weighted by Crippen LogP contribution is -2.45. The summed E-state index contributed by atoms with van der Waals surface area (Å²) in [6, 6.07) is 7.86. The van der Waals surface area contributed by atoms with Gasteiger partial charge in [0.15, 0.2) is 5.78 Å². The average Bonchev–Trinajstić information content (AvgIpc) is 3.20. The second kappa shape index (κ2) is 5.88. The number of carbonyl (C=O) groups is 1. The third kappa shape index (κ3) is 3.07. The molecule has 0 amide bonds. The van der Waals surface area contributed by atoms with Gasteiger partial charge in [0, 0.05) is 18.4 Å². The van der Waals surface area contributed by atoms with E-state index in [2.05, 4.69) is 18.0 Å². The van der Waals surface area contributed by atoms with E-state index in [1.165, 1.54) is 0 Å². The normalized spacial score (nSPS) is 20.5. The molecule has 2 unspecified atom stereocenters. The van der Waals surface area contributed by atoms with Crippen LogP contribution in [0.15, 0.2) is 29.3 Å². The van der Waals surface area contributed by atoms with Gasteiger partial charge in [0.25, 0.3) is 0 Å². The van der Waals surface area contributed by atoms with Crippen LogP contribution in [0.25, 0.3) is 0 Å². The van der Waals surface area contributed by atoms with Crippen LogP contribution in [0.1, 0.15) is 11.1 Å². The molecule has 2 atom stereocenters. The average molecular weight is 276 g/mol. The Morgan fingerprint density at radius 1 is 1.42 bits per heavy atom. The summed E-state index contributed by atoms with van der Waals surface area (Å²) in [7, 11) is 5.66. The highest BCUT2D eigenvalue weighted by Crippen LogP contribution is 2.33. The molecule has 4 heteroatoms. The fraction of sp³-hybridized carbons (Fsp3) is 0.467. The molecule has 3 nitrogen and oxygen atoms in total. The van der Waals surface area contributed by atoms with E-state index in [1.807, 2.05) is 37.2 Å². The zero-order chi connectivity index (χ0) is 14.0. The largest absolute Gasteiger partial charge is 0.296 e. The van der Waals surface area contributed by atoms with Gasteiger partial charge in [-0.3, -0.25) is 14.7 Å². The Kier molecular flexibility index (Phi) is 4.42. The Morgan fingerprint density at radius 3 is 2.53 bits per heavy atom. The number of Topliss-reactive ketones (excluding diaryl/α,β-unsaturated/α-hetero) is 1. The van der Waals surface area contributed by atoms with Gasteiger partial charge in [-0.25, -0.2) is 0 Å². The molecule has 19 heavy (non-hydrogen) atoms. The highest BCUT2D eigenvalue weighted by Gasteiger charge is 2.39. The number of aryl methyl sites for hydroxylation is 1. The molecule has 0 aliphatic carbocycles. The molecule has 0 N–H and O–H groups in total. The third-order valence-corrected chi connectivity index (χ3v) is 4.26. The van der Waals surface area contributed by atoms with Crippen molar-refractivity contribution in [1.29, 1.82) is 0 Å². The lowest BCUT2D eigenvalue weighted by molar-refractivity contribution is -0.120. The number of ketones is 1. The summed E-state index contributed by atoms with van der Waals surface area (Å²) in [4.78, 5) is 18.9. The predicted molar refractivity (Wildman–Crippen MR) is 82.4 cm³/mol. The van der Waals surface area contributed by atoms with Crippen LogP contribution >= 0.6 is 11.8 Å². The van der Waals surface area contributed by atoms with Crippen molar-refractivity contribution in [3.05, 3.63) is 35.4 Å². The van der Waals surface area contributed by atoms with Crippen LogP contribution in [0.3, 0.4) is 0 Å². The lowest BCUT2D eigenvalue weighted by atomic mass is 9.94. The Bertz CT molecular complexity index is 507. The number of rotatable bonds is 5. The maximum Gasteiger partial charge on any atom is 0.169 e. The first kappa shape index (κ1) is 14.3. The van der Waals surface area contributed by atoms with Crippen LogP contribution in [0.2, 0.25) is 0 Å². The number of nitrogens with zero attached hydrogens (tertiary/aromatic N) is 2. The van der Waals surface area contributed by atoms with Gasteiger partial charge in [-0.1, -0.05) is 24.3 Å². The highest BCUT2D eigenvalue weighted by molar-refractivity contribution is 8.07. The molecular weight excluding hydrogens is 256 g/mol. The fourth-order valence-corrected chi connectivity index (χ4v) is 2.83. The van der Waals surface area contributed by atoms with Crippen LogP contribution in [-0.4, -0.2) is 54.6 Å². The molecule has 0 saturated carbocycles. The fourth-order valence-electron chi connectivity index (χ4n) is 2.27. The number of thioether (sulfide) groups is 1. The van der Waals surface area contributed by atoms with Crippen molar-refractivity contribution in [3.8, 4) is 0 Å². The minimum atomic E-state index is -0.244. The first-order chi connectivity index (χ1) is 9.06. The molecule has 2 rings (SSSR count). The van der Waals surface area contributed by atoms with E-state index in [4.69, 9.17) is 0 Å². The van der Waals surface area contributed by atoms with Gasteiger partial charge in [0.2, 0.25) is 0 Å². The first-order valence-electron chi connectivity index (χ1n) is 6.40. The Hall–Kier alpha value is -1.13. The van der Waals surface area contributed by atoms with Crippen LogP contribution in [-0.2, 0) is 4.79 Å². The van der Waals surface area contributed by atoms with Crippen molar-refractivity contribution in [1.82, 2.24) is 4.90 Å². The van der Waals surface area contributed by atoms with Crippen molar-refractivity contribution in [2.75, 3.05) is 26.9 Å². The molecule has 1 aromatic carbocycles. The lowest BCUT2D eigenvalue weighted by Gasteiger charge is -2.25. The Labute approximate surface area is 119 Å². The van der Waals surface area contributed by atoms with E-state index in [9.17, 15) is 4.79 Å². The van der Waals surface area contributed by atoms with Crippen molar-refractivity contribution in [3.63, 3.8) is 0 Å². The van der Waals surface area contributed by atoms with E-state index < -0.39 is 0 Å². The quantitative estimate of drug-likeness (QED) is 0.609. The van der Waals surface area contributed by atoms with Crippen LogP contribution in [0.4, 0.5) is 0 Å². The van der Waals surface area contributed by atoms with E-state index in [-0.39, 0.29) is 17.1 Å². The molecule has 1 heterocycles. The van der Waals surface area contributed by atoms with Crippen LogP contribution < -0.4 is 0 Å². The summed E-state index contributed by atoms with van der Waals surface area (Å²) in [6.45, 7) is 2.06. The van der Waals surface area contributed by atoms with Gasteiger partial charge in [-0.15, -0.1) is 11.8 Å². The number of likely N-dealkylation sites (N-methyl/N-ethyl adjacent to an activating group) is 1. The topological polar surface area (TPSA) is 32.7 Å². The third-order valence-electron chi connectivity index (χ3n) is 3.36. The smallest absolute Gasteiger partial charge is 0.169 e. The molecule has 1 fully saturated rings. The number of hydrogen-bond donors (Lipinski definition) is 0. The van der Waals surface area contributed by atoms with Crippen LogP contribution in [0, 0.1) is 6.92 Å². The number of carbonyl (C=O) groups excluding carboxylic acids is 1. The van der Waals surface area contributed by atoms with Gasteiger partial charge in [0.1, 0.15) is 6.04 Å². The Balaban J connectivity index is 2.38. The Morgan fingerprint density at radius 2 is 2.05 bits per heavy atom. The molecule has 1 aromatic rings. The van der Waals surface area contributed by atoms with Crippen molar-refractivity contribution in [2.24, 2.45) is 4.99 Å². The van der Waals surface area contributed by atoms with Gasteiger partial charge in [-0.05, 0) is 26.6 Å². The zero-order valence-corrected chi connectivity index (χ0v) is 12.7. The van der Waals surface area contributed by atoms with E-state index >= 15 is 0 Å². The minimum Gasteiger partial charge on any atom is -0.296 e. The second-order valence-corrected chi connectivity index (χ2v) is 6.25. The summed E-state index contributed by atoms with van der Waals surface area (Å²) < 4.78 is 0. The summed E-state index contributed by atoms with van der Waals surface area (Å²) in [6.07, 6.45) is 0. The summed E-state index contributed by atoms with van der Waals surface area (Å²) in [5.74, 6) is 1.23. The maximum atomic E-state index is 12.5. The summed E-state index contributed by atoms with van der Waals surface area (Å²) in [5.41, 5.74) is 3.11.